The second-order valence-electron chi connectivity index (χ2n) is 13.9. The molecular formula is C43H79NO4. The van der Waals surface area contributed by atoms with Crippen molar-refractivity contribution in [3.05, 3.63) is 48.6 Å². The fourth-order valence-corrected chi connectivity index (χ4v) is 5.89. The summed E-state index contributed by atoms with van der Waals surface area (Å²) in [4.78, 5) is 12.4. The highest BCUT2D eigenvalue weighted by Gasteiger charge is 2.20. The van der Waals surface area contributed by atoms with Gasteiger partial charge in [0.05, 0.1) is 31.3 Å². The van der Waals surface area contributed by atoms with E-state index in [2.05, 4.69) is 55.6 Å². The SMILES string of the molecule is CCCCCCCC/C=C/CC/C=C/CC/C=C/C(O)C(CO)NC(=O)CC(O)CCCCCCC/C=C\CCCCCCCCCC. The zero-order valence-electron chi connectivity index (χ0n) is 31.6. The standard InChI is InChI=1S/C43H79NO4/c1-3-5-7-9-11-13-15-17-19-21-22-24-26-28-30-32-34-36-40(46)38-43(48)44-41(39-45)42(47)37-35-33-31-29-27-25-23-20-18-16-14-12-10-8-6-4-2/h18,20-22,27,29,35,37,40-42,45-47H,3-17,19,23-26,28,30-34,36,38-39H2,1-2H3,(H,44,48)/b20-18+,22-21-,29-27+,37-35+. The van der Waals surface area contributed by atoms with Crippen LogP contribution in [0.25, 0.3) is 0 Å². The van der Waals surface area contributed by atoms with Crippen LogP contribution in [0.3, 0.4) is 0 Å². The Hall–Kier alpha value is -1.69. The van der Waals surface area contributed by atoms with Crippen LogP contribution in [-0.2, 0) is 4.79 Å². The minimum Gasteiger partial charge on any atom is -0.394 e. The molecule has 48 heavy (non-hydrogen) atoms. The minimum absolute atomic E-state index is 0.00435. The van der Waals surface area contributed by atoms with Crippen LogP contribution < -0.4 is 5.32 Å². The maximum Gasteiger partial charge on any atom is 0.222 e. The Morgan fingerprint density at radius 1 is 0.521 bits per heavy atom. The van der Waals surface area contributed by atoms with Crippen LogP contribution in [0.15, 0.2) is 48.6 Å². The molecule has 0 aliphatic heterocycles. The quantitative estimate of drug-likeness (QED) is 0.0393. The fourth-order valence-electron chi connectivity index (χ4n) is 5.89. The van der Waals surface area contributed by atoms with E-state index in [1.807, 2.05) is 6.08 Å². The van der Waals surface area contributed by atoms with Gasteiger partial charge in [-0.1, -0.05) is 165 Å². The summed E-state index contributed by atoms with van der Waals surface area (Å²) >= 11 is 0. The van der Waals surface area contributed by atoms with Gasteiger partial charge in [0, 0.05) is 0 Å². The van der Waals surface area contributed by atoms with Crippen LogP contribution in [0.1, 0.15) is 194 Å². The van der Waals surface area contributed by atoms with Gasteiger partial charge in [-0.05, 0) is 70.6 Å². The van der Waals surface area contributed by atoms with Crippen LogP contribution in [0.4, 0.5) is 0 Å². The molecule has 0 fully saturated rings. The molecule has 0 heterocycles. The van der Waals surface area contributed by atoms with E-state index in [1.54, 1.807) is 6.08 Å². The van der Waals surface area contributed by atoms with Crippen molar-refractivity contribution in [2.75, 3.05) is 6.61 Å². The van der Waals surface area contributed by atoms with E-state index >= 15 is 0 Å². The van der Waals surface area contributed by atoms with Crippen LogP contribution in [0, 0.1) is 0 Å². The number of carbonyl (C=O) groups excluding carboxylic acids is 1. The van der Waals surface area contributed by atoms with Crippen molar-refractivity contribution in [2.45, 2.75) is 212 Å². The highest BCUT2D eigenvalue weighted by Crippen LogP contribution is 2.13. The number of carbonyl (C=O) groups is 1. The van der Waals surface area contributed by atoms with Crippen molar-refractivity contribution in [3.8, 4) is 0 Å². The molecule has 5 heteroatoms. The normalized spacial score (nSPS) is 14.2. The Labute approximate surface area is 297 Å². The number of aliphatic hydroxyl groups is 3. The number of amides is 1. The molecular weight excluding hydrogens is 594 g/mol. The summed E-state index contributed by atoms with van der Waals surface area (Å²) in [5, 5.41) is 33.1. The van der Waals surface area contributed by atoms with Crippen molar-refractivity contribution in [1.82, 2.24) is 5.32 Å². The molecule has 0 spiro atoms. The number of allylic oxidation sites excluding steroid dienone is 7. The van der Waals surface area contributed by atoms with Gasteiger partial charge in [0.15, 0.2) is 0 Å². The first-order chi connectivity index (χ1) is 23.5. The molecule has 0 saturated heterocycles. The van der Waals surface area contributed by atoms with Gasteiger partial charge in [0.2, 0.25) is 5.91 Å². The second kappa shape index (κ2) is 38.1. The molecule has 0 aromatic rings. The van der Waals surface area contributed by atoms with Crippen molar-refractivity contribution in [1.29, 1.82) is 0 Å². The molecule has 0 aromatic carbocycles. The Balaban J connectivity index is 3.79. The average molecular weight is 674 g/mol. The van der Waals surface area contributed by atoms with Gasteiger partial charge < -0.3 is 20.6 Å². The molecule has 5 nitrogen and oxygen atoms in total. The van der Waals surface area contributed by atoms with Gasteiger partial charge in [0.1, 0.15) is 0 Å². The molecule has 280 valence electrons. The molecule has 4 N–H and O–H groups in total. The summed E-state index contributed by atoms with van der Waals surface area (Å²) in [6.07, 6.45) is 48.1. The maximum absolute atomic E-state index is 12.4. The monoisotopic (exact) mass is 674 g/mol. The first-order valence-electron chi connectivity index (χ1n) is 20.4. The smallest absolute Gasteiger partial charge is 0.222 e. The third-order valence-corrected chi connectivity index (χ3v) is 9.07. The molecule has 3 atom stereocenters. The third-order valence-electron chi connectivity index (χ3n) is 9.07. The molecule has 0 bridgehead atoms. The number of aliphatic hydroxyl groups excluding tert-OH is 3. The predicted molar refractivity (Wildman–Crippen MR) is 208 cm³/mol. The number of hydrogen-bond donors (Lipinski definition) is 4. The lowest BCUT2D eigenvalue weighted by atomic mass is 10.0. The first kappa shape index (κ1) is 46.3. The van der Waals surface area contributed by atoms with Crippen LogP contribution in [-0.4, -0.2) is 46.1 Å². The highest BCUT2D eigenvalue weighted by atomic mass is 16.3. The van der Waals surface area contributed by atoms with E-state index in [0.717, 1.165) is 51.4 Å². The minimum atomic E-state index is -0.961. The lowest BCUT2D eigenvalue weighted by Gasteiger charge is -2.20. The van der Waals surface area contributed by atoms with Crippen molar-refractivity contribution in [3.63, 3.8) is 0 Å². The molecule has 0 rings (SSSR count). The zero-order chi connectivity index (χ0) is 35.2. The number of rotatable bonds is 36. The molecule has 3 unspecified atom stereocenters. The summed E-state index contributed by atoms with van der Waals surface area (Å²) in [5.74, 6) is -0.336. The van der Waals surface area contributed by atoms with Gasteiger partial charge >= 0.3 is 0 Å². The van der Waals surface area contributed by atoms with Crippen LogP contribution in [0.5, 0.6) is 0 Å². The Bertz CT molecular complexity index is 790. The molecule has 1 amide bonds. The van der Waals surface area contributed by atoms with Crippen LogP contribution >= 0.6 is 0 Å². The first-order valence-corrected chi connectivity index (χ1v) is 20.4. The molecule has 0 radical (unpaired) electrons. The van der Waals surface area contributed by atoms with Crippen molar-refractivity contribution in [2.24, 2.45) is 0 Å². The predicted octanol–water partition coefficient (Wildman–Crippen LogP) is 11.4. The fraction of sp³-hybridized carbons (Fsp3) is 0.791. The Morgan fingerprint density at radius 2 is 0.896 bits per heavy atom. The molecule has 0 aromatic heterocycles. The topological polar surface area (TPSA) is 89.8 Å². The molecule has 0 aliphatic carbocycles. The highest BCUT2D eigenvalue weighted by molar-refractivity contribution is 5.76. The van der Waals surface area contributed by atoms with E-state index < -0.39 is 18.2 Å². The third kappa shape index (κ3) is 34.2. The van der Waals surface area contributed by atoms with Gasteiger partial charge in [-0.15, -0.1) is 0 Å². The lowest BCUT2D eigenvalue weighted by molar-refractivity contribution is -0.124. The summed E-state index contributed by atoms with van der Waals surface area (Å²) in [7, 11) is 0. The molecule has 0 saturated carbocycles. The van der Waals surface area contributed by atoms with Gasteiger partial charge in [0.25, 0.3) is 0 Å². The largest absolute Gasteiger partial charge is 0.394 e. The van der Waals surface area contributed by atoms with Gasteiger partial charge in [-0.3, -0.25) is 4.79 Å². The number of unbranched alkanes of at least 4 members (excludes halogenated alkanes) is 21. The van der Waals surface area contributed by atoms with Gasteiger partial charge in [-0.25, -0.2) is 0 Å². The molecule has 0 aliphatic rings. The van der Waals surface area contributed by atoms with Crippen molar-refractivity contribution < 1.29 is 20.1 Å². The summed E-state index contributed by atoms with van der Waals surface area (Å²) in [5.41, 5.74) is 0. The summed E-state index contributed by atoms with van der Waals surface area (Å²) < 4.78 is 0. The van der Waals surface area contributed by atoms with E-state index in [1.165, 1.54) is 116 Å². The lowest BCUT2D eigenvalue weighted by Crippen LogP contribution is -2.45. The van der Waals surface area contributed by atoms with Crippen LogP contribution in [0.2, 0.25) is 0 Å². The number of nitrogens with one attached hydrogen (secondary N) is 1. The summed E-state index contributed by atoms with van der Waals surface area (Å²) in [6.45, 7) is 4.17. The van der Waals surface area contributed by atoms with E-state index in [0.29, 0.717) is 6.42 Å². The van der Waals surface area contributed by atoms with Crippen molar-refractivity contribution >= 4 is 5.91 Å². The van der Waals surface area contributed by atoms with E-state index in [-0.39, 0.29) is 18.9 Å². The Morgan fingerprint density at radius 3 is 1.33 bits per heavy atom. The average Bonchev–Trinajstić information content (AvgIpc) is 3.08. The van der Waals surface area contributed by atoms with Gasteiger partial charge in [-0.2, -0.15) is 0 Å². The zero-order valence-corrected chi connectivity index (χ0v) is 31.6. The maximum atomic E-state index is 12.4. The second-order valence-corrected chi connectivity index (χ2v) is 13.9. The Kier molecular flexibility index (Phi) is 36.8. The van der Waals surface area contributed by atoms with E-state index in [4.69, 9.17) is 0 Å². The number of hydrogen-bond acceptors (Lipinski definition) is 4. The summed E-state index contributed by atoms with van der Waals surface area (Å²) in [6, 6.07) is -0.769. The van der Waals surface area contributed by atoms with E-state index in [9.17, 15) is 20.1 Å².